The zero-order valence-corrected chi connectivity index (χ0v) is 10.9. The van der Waals surface area contributed by atoms with Gasteiger partial charge in [-0.15, -0.1) is 5.10 Å². The van der Waals surface area contributed by atoms with E-state index < -0.39 is 4.92 Å². The second-order valence-electron chi connectivity index (χ2n) is 4.04. The summed E-state index contributed by atoms with van der Waals surface area (Å²) < 4.78 is 5.50. The van der Waals surface area contributed by atoms with Gasteiger partial charge in [-0.05, 0) is 24.6 Å². The Bertz CT molecular complexity index is 717. The third-order valence-corrected chi connectivity index (χ3v) is 2.66. The first-order chi connectivity index (χ1) is 10.0. The summed E-state index contributed by atoms with van der Waals surface area (Å²) in [6, 6.07) is 5.63. The molecule has 9 nitrogen and oxygen atoms in total. The number of rotatable bonds is 4. The van der Waals surface area contributed by atoms with Crippen LogP contribution in [-0.4, -0.2) is 26.2 Å². The van der Waals surface area contributed by atoms with E-state index >= 15 is 0 Å². The molecule has 0 bridgehead atoms. The number of hydrogen-bond donors (Lipinski definition) is 2. The molecule has 0 saturated carbocycles. The Morgan fingerprint density at radius 2 is 2.24 bits per heavy atom. The number of hydrogen-bond acceptors (Lipinski definition) is 7. The van der Waals surface area contributed by atoms with Crippen LogP contribution in [0, 0.1) is 17.0 Å². The number of aryl methyl sites for hydroxylation is 1. The lowest BCUT2D eigenvalue weighted by Gasteiger charge is -2.09. The average molecular weight is 289 g/mol. The van der Waals surface area contributed by atoms with Crippen molar-refractivity contribution in [2.75, 3.05) is 0 Å². The van der Waals surface area contributed by atoms with E-state index in [2.05, 4.69) is 15.4 Å². The van der Waals surface area contributed by atoms with Gasteiger partial charge in [0.05, 0.1) is 22.7 Å². The minimum absolute atomic E-state index is 0.0172. The normalized spacial score (nSPS) is 11.2. The number of nitrogens with two attached hydrogens (primary N) is 1. The summed E-state index contributed by atoms with van der Waals surface area (Å²) >= 11 is 0. The van der Waals surface area contributed by atoms with Crippen LogP contribution in [0.1, 0.15) is 11.1 Å². The Balaban J connectivity index is 2.43. The second kappa shape index (κ2) is 5.82. The number of ether oxygens (including phenoxy) is 1. The van der Waals surface area contributed by atoms with E-state index in [1.54, 1.807) is 13.0 Å². The highest BCUT2D eigenvalue weighted by Gasteiger charge is 2.15. The van der Waals surface area contributed by atoms with Gasteiger partial charge < -0.3 is 15.7 Å². The van der Waals surface area contributed by atoms with Gasteiger partial charge in [-0.1, -0.05) is 5.16 Å². The zero-order valence-electron chi connectivity index (χ0n) is 10.9. The molecular weight excluding hydrogens is 278 g/mol. The summed E-state index contributed by atoms with van der Waals surface area (Å²) in [5.74, 6) is 0.0103. The molecule has 0 aliphatic rings. The maximum absolute atomic E-state index is 10.8. The molecule has 1 heterocycles. The molecule has 2 rings (SSSR count). The number of amidine groups is 1. The third kappa shape index (κ3) is 3.03. The van der Waals surface area contributed by atoms with Crippen LogP contribution in [0.2, 0.25) is 0 Å². The van der Waals surface area contributed by atoms with Gasteiger partial charge in [0.1, 0.15) is 5.75 Å². The first-order valence-corrected chi connectivity index (χ1v) is 5.75. The summed E-state index contributed by atoms with van der Waals surface area (Å²) in [4.78, 5) is 10.3. The molecule has 1 aromatic carbocycles. The summed E-state index contributed by atoms with van der Waals surface area (Å²) in [5, 5.41) is 29.8. The monoisotopic (exact) mass is 289 g/mol. The molecule has 3 N–H and O–H groups in total. The van der Waals surface area contributed by atoms with Crippen molar-refractivity contribution >= 4 is 11.5 Å². The summed E-state index contributed by atoms with van der Waals surface area (Å²) in [7, 11) is 0. The first-order valence-electron chi connectivity index (χ1n) is 5.75. The van der Waals surface area contributed by atoms with Gasteiger partial charge in [0.25, 0.3) is 5.69 Å². The summed E-state index contributed by atoms with van der Waals surface area (Å²) in [5.41, 5.74) is 6.27. The fraction of sp³-hybridized carbons (Fsp3) is 0.0833. The van der Waals surface area contributed by atoms with Gasteiger partial charge in [0, 0.05) is 6.07 Å². The summed E-state index contributed by atoms with van der Waals surface area (Å²) in [6.07, 6.45) is 1.35. The van der Waals surface area contributed by atoms with Crippen molar-refractivity contribution in [3.05, 3.63) is 51.7 Å². The molecule has 2 aromatic rings. The molecule has 0 saturated heterocycles. The van der Waals surface area contributed by atoms with Crippen LogP contribution in [0.25, 0.3) is 0 Å². The van der Waals surface area contributed by atoms with Crippen molar-refractivity contribution < 1.29 is 14.9 Å². The van der Waals surface area contributed by atoms with Crippen molar-refractivity contribution in [3.63, 3.8) is 0 Å². The number of nitro benzene ring substituents is 1. The first kappa shape index (κ1) is 14.2. The average Bonchev–Trinajstić information content (AvgIpc) is 2.49. The molecule has 0 aliphatic heterocycles. The van der Waals surface area contributed by atoms with Gasteiger partial charge >= 0.3 is 0 Å². The fourth-order valence-corrected chi connectivity index (χ4v) is 1.56. The predicted molar refractivity (Wildman–Crippen MR) is 72.5 cm³/mol. The van der Waals surface area contributed by atoms with Crippen molar-refractivity contribution in [1.29, 1.82) is 0 Å². The molecule has 9 heteroatoms. The smallest absolute Gasteiger partial charge is 0.273 e. The van der Waals surface area contributed by atoms with E-state index in [1.807, 2.05) is 0 Å². The second-order valence-corrected chi connectivity index (χ2v) is 4.04. The Kier molecular flexibility index (Phi) is 3.93. The molecule has 0 aliphatic carbocycles. The van der Waals surface area contributed by atoms with Crippen LogP contribution in [0.15, 0.2) is 35.6 Å². The predicted octanol–water partition coefficient (Wildman–Crippen LogP) is 1.58. The van der Waals surface area contributed by atoms with Crippen molar-refractivity contribution in [2.24, 2.45) is 10.9 Å². The Labute approximate surface area is 118 Å². The quantitative estimate of drug-likeness (QED) is 0.286. The zero-order chi connectivity index (χ0) is 15.4. The molecule has 0 radical (unpaired) electrons. The molecular formula is C12H11N5O4. The Hall–Kier alpha value is -3.23. The maximum atomic E-state index is 10.8. The van der Waals surface area contributed by atoms with Crippen molar-refractivity contribution in [1.82, 2.24) is 10.2 Å². The SMILES string of the molecule is Cc1ccc([N+](=O)[O-])cc1Oc1nnccc1/C(N)=N/O. The van der Waals surface area contributed by atoms with E-state index in [1.165, 1.54) is 24.4 Å². The summed E-state index contributed by atoms with van der Waals surface area (Å²) in [6.45, 7) is 1.72. The molecule has 0 amide bonds. The number of nitro groups is 1. The van der Waals surface area contributed by atoms with E-state index in [9.17, 15) is 10.1 Å². The van der Waals surface area contributed by atoms with Crippen molar-refractivity contribution in [3.8, 4) is 11.6 Å². The van der Waals surface area contributed by atoms with Crippen LogP contribution in [0.3, 0.4) is 0 Å². The van der Waals surface area contributed by atoms with Gasteiger partial charge in [0.2, 0.25) is 5.88 Å². The Morgan fingerprint density at radius 1 is 1.48 bits per heavy atom. The van der Waals surface area contributed by atoms with Gasteiger partial charge in [0.15, 0.2) is 5.84 Å². The molecule has 108 valence electrons. The number of aromatic nitrogens is 2. The standard InChI is InChI=1S/C12H11N5O4/c1-7-2-3-8(17(19)20)6-10(7)21-12-9(11(13)16-18)4-5-14-15-12/h2-6,18H,1H3,(H2,13,16). The number of benzene rings is 1. The third-order valence-electron chi connectivity index (χ3n) is 2.66. The fourth-order valence-electron chi connectivity index (χ4n) is 1.56. The minimum Gasteiger partial charge on any atom is -0.436 e. The minimum atomic E-state index is -0.534. The van der Waals surface area contributed by atoms with Crippen LogP contribution in [-0.2, 0) is 0 Å². The Morgan fingerprint density at radius 3 is 2.90 bits per heavy atom. The molecule has 0 fully saturated rings. The van der Waals surface area contributed by atoms with Crippen LogP contribution < -0.4 is 10.5 Å². The lowest BCUT2D eigenvalue weighted by Crippen LogP contribution is -2.15. The van der Waals surface area contributed by atoms with Crippen LogP contribution in [0.4, 0.5) is 5.69 Å². The lowest BCUT2D eigenvalue weighted by atomic mass is 10.2. The number of oxime groups is 1. The highest BCUT2D eigenvalue weighted by molar-refractivity contribution is 5.98. The number of non-ortho nitro benzene ring substituents is 1. The van der Waals surface area contributed by atoms with Crippen LogP contribution in [0.5, 0.6) is 11.6 Å². The topological polar surface area (TPSA) is 137 Å². The van der Waals surface area contributed by atoms with E-state index in [0.29, 0.717) is 5.56 Å². The van der Waals surface area contributed by atoms with Crippen LogP contribution >= 0.6 is 0 Å². The molecule has 0 spiro atoms. The molecule has 0 unspecified atom stereocenters. The van der Waals surface area contributed by atoms with Gasteiger partial charge in [-0.2, -0.15) is 5.10 Å². The number of nitrogens with zero attached hydrogens (tertiary/aromatic N) is 4. The van der Waals surface area contributed by atoms with E-state index in [4.69, 9.17) is 15.7 Å². The van der Waals surface area contributed by atoms with Crippen molar-refractivity contribution in [2.45, 2.75) is 6.92 Å². The maximum Gasteiger partial charge on any atom is 0.273 e. The molecule has 1 aromatic heterocycles. The molecule has 0 atom stereocenters. The lowest BCUT2D eigenvalue weighted by molar-refractivity contribution is -0.384. The van der Waals surface area contributed by atoms with Gasteiger partial charge in [-0.25, -0.2) is 0 Å². The highest BCUT2D eigenvalue weighted by atomic mass is 16.6. The van der Waals surface area contributed by atoms with E-state index in [0.717, 1.165) is 0 Å². The van der Waals surface area contributed by atoms with E-state index in [-0.39, 0.29) is 28.7 Å². The molecule has 21 heavy (non-hydrogen) atoms. The highest BCUT2D eigenvalue weighted by Crippen LogP contribution is 2.29. The largest absolute Gasteiger partial charge is 0.436 e. The van der Waals surface area contributed by atoms with Gasteiger partial charge in [-0.3, -0.25) is 10.1 Å².